The molecule has 2 saturated heterocycles. The SMILES string of the molecule is Cc1noc(C)c1S(=O)(=O)NCCN(C1CCOCC1)C1CCN(C(=O)N(C)C)C1. The van der Waals surface area contributed by atoms with Crippen LogP contribution in [-0.2, 0) is 14.8 Å². The number of carbonyl (C=O) groups excluding carboxylic acids is 1. The van der Waals surface area contributed by atoms with Crippen LogP contribution in [0.2, 0.25) is 0 Å². The van der Waals surface area contributed by atoms with Gasteiger partial charge in [-0.3, -0.25) is 4.90 Å². The normalized spacial score (nSPS) is 20.8. The molecular formula is C19H33N5O5S. The zero-order valence-electron chi connectivity index (χ0n) is 18.3. The number of nitrogens with one attached hydrogen (secondary N) is 1. The minimum atomic E-state index is -3.69. The van der Waals surface area contributed by atoms with E-state index in [-0.39, 0.29) is 29.3 Å². The quantitative estimate of drug-likeness (QED) is 0.664. The van der Waals surface area contributed by atoms with Gasteiger partial charge in [-0.15, -0.1) is 0 Å². The van der Waals surface area contributed by atoms with Gasteiger partial charge in [0.1, 0.15) is 10.6 Å². The second-order valence-electron chi connectivity index (χ2n) is 8.20. The summed E-state index contributed by atoms with van der Waals surface area (Å²) in [7, 11) is -0.174. The predicted octanol–water partition coefficient (Wildman–Crippen LogP) is 0.807. The van der Waals surface area contributed by atoms with Crippen molar-refractivity contribution >= 4 is 16.1 Å². The van der Waals surface area contributed by atoms with Gasteiger partial charge in [0.2, 0.25) is 10.0 Å². The summed E-state index contributed by atoms with van der Waals surface area (Å²) in [4.78, 5) is 18.3. The molecule has 2 aliphatic heterocycles. The molecule has 3 heterocycles. The van der Waals surface area contributed by atoms with Gasteiger partial charge in [-0.05, 0) is 33.1 Å². The lowest BCUT2D eigenvalue weighted by Crippen LogP contribution is -2.50. The molecule has 0 saturated carbocycles. The minimum Gasteiger partial charge on any atom is -0.381 e. The number of likely N-dealkylation sites (tertiary alicyclic amines) is 1. The lowest BCUT2D eigenvalue weighted by Gasteiger charge is -2.38. The molecule has 1 aromatic rings. The van der Waals surface area contributed by atoms with E-state index in [0.717, 1.165) is 19.3 Å². The van der Waals surface area contributed by atoms with Gasteiger partial charge in [0.25, 0.3) is 0 Å². The first-order valence-corrected chi connectivity index (χ1v) is 11.9. The van der Waals surface area contributed by atoms with Crippen LogP contribution >= 0.6 is 0 Å². The molecule has 1 aromatic heterocycles. The number of urea groups is 1. The van der Waals surface area contributed by atoms with Gasteiger partial charge in [0.05, 0.1) is 0 Å². The average molecular weight is 444 g/mol. The minimum absolute atomic E-state index is 0.0172. The third-order valence-electron chi connectivity index (χ3n) is 5.84. The highest BCUT2D eigenvalue weighted by Gasteiger charge is 2.35. The van der Waals surface area contributed by atoms with Gasteiger partial charge >= 0.3 is 6.03 Å². The number of hydrogen-bond acceptors (Lipinski definition) is 7. The van der Waals surface area contributed by atoms with E-state index in [2.05, 4.69) is 14.8 Å². The van der Waals surface area contributed by atoms with Crippen LogP contribution in [0, 0.1) is 13.8 Å². The fraction of sp³-hybridized carbons (Fsp3) is 0.789. The topological polar surface area (TPSA) is 108 Å². The van der Waals surface area contributed by atoms with E-state index in [0.29, 0.717) is 44.6 Å². The van der Waals surface area contributed by atoms with Crippen molar-refractivity contribution in [1.82, 2.24) is 24.6 Å². The summed E-state index contributed by atoms with van der Waals surface area (Å²) in [6, 6.07) is 0.547. The molecule has 0 radical (unpaired) electrons. The molecule has 0 bridgehead atoms. The molecule has 2 amide bonds. The summed E-state index contributed by atoms with van der Waals surface area (Å²) >= 11 is 0. The maximum Gasteiger partial charge on any atom is 0.319 e. The maximum absolute atomic E-state index is 12.7. The molecule has 0 aliphatic carbocycles. The maximum atomic E-state index is 12.7. The van der Waals surface area contributed by atoms with Gasteiger partial charge in [-0.1, -0.05) is 5.16 Å². The van der Waals surface area contributed by atoms with Crippen LogP contribution in [0.5, 0.6) is 0 Å². The highest BCUT2D eigenvalue weighted by Crippen LogP contribution is 2.24. The van der Waals surface area contributed by atoms with Crippen molar-refractivity contribution in [2.75, 3.05) is 53.5 Å². The Morgan fingerprint density at radius 2 is 1.90 bits per heavy atom. The zero-order chi connectivity index (χ0) is 21.9. The van der Waals surface area contributed by atoms with Crippen molar-refractivity contribution in [1.29, 1.82) is 0 Å². The summed E-state index contributed by atoms with van der Waals surface area (Å²) in [5, 5.41) is 3.74. The molecule has 30 heavy (non-hydrogen) atoms. The van der Waals surface area contributed by atoms with Crippen molar-refractivity contribution in [3.05, 3.63) is 11.5 Å². The van der Waals surface area contributed by atoms with E-state index in [1.165, 1.54) is 0 Å². The van der Waals surface area contributed by atoms with E-state index in [1.807, 2.05) is 4.90 Å². The van der Waals surface area contributed by atoms with Crippen molar-refractivity contribution < 1.29 is 22.5 Å². The number of nitrogens with zero attached hydrogens (tertiary/aromatic N) is 4. The molecule has 10 nitrogen and oxygen atoms in total. The van der Waals surface area contributed by atoms with Crippen LogP contribution in [-0.4, -0.2) is 99.9 Å². The fourth-order valence-electron chi connectivity index (χ4n) is 4.39. The number of sulfonamides is 1. The predicted molar refractivity (Wildman–Crippen MR) is 111 cm³/mol. The summed E-state index contributed by atoms with van der Waals surface area (Å²) in [6.07, 6.45) is 2.71. The number of carbonyl (C=O) groups is 1. The molecule has 2 fully saturated rings. The molecule has 0 aromatic carbocycles. The summed E-state index contributed by atoms with van der Waals surface area (Å²) in [5.41, 5.74) is 0.356. The number of hydrogen-bond donors (Lipinski definition) is 1. The first-order valence-electron chi connectivity index (χ1n) is 10.4. The Morgan fingerprint density at radius 1 is 1.20 bits per heavy atom. The number of aromatic nitrogens is 1. The number of aryl methyl sites for hydroxylation is 2. The fourth-order valence-corrected chi connectivity index (χ4v) is 5.73. The Hall–Kier alpha value is -1.69. The summed E-state index contributed by atoms with van der Waals surface area (Å²) in [6.45, 7) is 6.85. The van der Waals surface area contributed by atoms with Crippen LogP contribution in [0.1, 0.15) is 30.7 Å². The molecular weight excluding hydrogens is 410 g/mol. The van der Waals surface area contributed by atoms with Crippen molar-refractivity contribution in [2.24, 2.45) is 0 Å². The Balaban J connectivity index is 1.66. The van der Waals surface area contributed by atoms with E-state index in [4.69, 9.17) is 9.26 Å². The van der Waals surface area contributed by atoms with E-state index < -0.39 is 10.0 Å². The first kappa shape index (κ1) is 23.0. The van der Waals surface area contributed by atoms with Crippen molar-refractivity contribution in [3.63, 3.8) is 0 Å². The Bertz CT molecular complexity index is 815. The third kappa shape index (κ3) is 5.13. The van der Waals surface area contributed by atoms with Crippen LogP contribution in [0.4, 0.5) is 4.79 Å². The van der Waals surface area contributed by atoms with Crippen LogP contribution in [0.25, 0.3) is 0 Å². The Kier molecular flexibility index (Phi) is 7.38. The first-order chi connectivity index (χ1) is 14.2. The van der Waals surface area contributed by atoms with E-state index >= 15 is 0 Å². The number of rotatable bonds is 7. The lowest BCUT2D eigenvalue weighted by atomic mass is 10.0. The zero-order valence-corrected chi connectivity index (χ0v) is 19.1. The smallest absolute Gasteiger partial charge is 0.319 e. The highest BCUT2D eigenvalue weighted by atomic mass is 32.2. The van der Waals surface area contributed by atoms with E-state index in [1.54, 1.807) is 32.8 Å². The number of ether oxygens (including phenoxy) is 1. The standard InChI is InChI=1S/C19H33N5O5S/c1-14-18(15(2)29-21-14)30(26,27)20-8-10-24(16-6-11-28-12-7-16)17-5-9-23(13-17)19(25)22(3)4/h16-17,20H,5-13H2,1-4H3. The van der Waals surface area contributed by atoms with Crippen LogP contribution in [0.15, 0.2) is 9.42 Å². The van der Waals surface area contributed by atoms with Gasteiger partial charge in [-0.2, -0.15) is 0 Å². The molecule has 1 atom stereocenters. The molecule has 1 N–H and O–H groups in total. The van der Waals surface area contributed by atoms with Gasteiger partial charge < -0.3 is 19.1 Å². The molecule has 3 rings (SSSR count). The average Bonchev–Trinajstić information content (AvgIpc) is 3.32. The third-order valence-corrected chi connectivity index (χ3v) is 7.55. The lowest BCUT2D eigenvalue weighted by molar-refractivity contribution is 0.0193. The second kappa shape index (κ2) is 9.63. The molecule has 170 valence electrons. The highest BCUT2D eigenvalue weighted by molar-refractivity contribution is 7.89. The van der Waals surface area contributed by atoms with Gasteiger partial charge in [-0.25, -0.2) is 17.9 Å². The van der Waals surface area contributed by atoms with Gasteiger partial charge in [0, 0.05) is 65.6 Å². The largest absolute Gasteiger partial charge is 0.381 e. The van der Waals surface area contributed by atoms with Crippen LogP contribution in [0.3, 0.4) is 0 Å². The van der Waals surface area contributed by atoms with E-state index in [9.17, 15) is 13.2 Å². The monoisotopic (exact) mass is 443 g/mol. The Morgan fingerprint density at radius 3 is 2.50 bits per heavy atom. The Labute approximate surface area is 178 Å². The molecule has 0 spiro atoms. The van der Waals surface area contributed by atoms with Crippen molar-refractivity contribution in [2.45, 2.75) is 50.1 Å². The van der Waals surface area contributed by atoms with Gasteiger partial charge in [0.15, 0.2) is 5.76 Å². The van der Waals surface area contributed by atoms with Crippen LogP contribution < -0.4 is 4.72 Å². The van der Waals surface area contributed by atoms with Crippen molar-refractivity contribution in [3.8, 4) is 0 Å². The summed E-state index contributed by atoms with van der Waals surface area (Å²) in [5.74, 6) is 0.287. The summed E-state index contributed by atoms with van der Waals surface area (Å²) < 4.78 is 38.7. The molecule has 11 heteroatoms. The molecule has 2 aliphatic rings. The second-order valence-corrected chi connectivity index (χ2v) is 9.90. The number of amides is 2. The molecule has 1 unspecified atom stereocenters.